The van der Waals surface area contributed by atoms with E-state index in [1.54, 1.807) is 21.5 Å². The van der Waals surface area contributed by atoms with Crippen LogP contribution in [0.4, 0.5) is 14.5 Å². The molecular formula is C28H26ClF2N4O7P. The maximum Gasteiger partial charge on any atom is 0.346 e. The van der Waals surface area contributed by atoms with Gasteiger partial charge in [-0.3, -0.25) is 19.5 Å². The summed E-state index contributed by atoms with van der Waals surface area (Å²) in [4.78, 5) is 25.0. The van der Waals surface area contributed by atoms with Crippen molar-refractivity contribution in [1.82, 2.24) is 14.2 Å². The zero-order chi connectivity index (χ0) is 30.3. The Hall–Kier alpha value is -3.61. The molecule has 3 saturated heterocycles. The lowest BCUT2D eigenvalue weighted by molar-refractivity contribution is -0.385. The maximum absolute atomic E-state index is 15.0. The first-order valence-corrected chi connectivity index (χ1v) is 15.4. The van der Waals surface area contributed by atoms with Gasteiger partial charge in [0.25, 0.3) is 5.91 Å². The Morgan fingerprint density at radius 2 is 1.74 bits per heavy atom. The van der Waals surface area contributed by atoms with Crippen LogP contribution in [-0.4, -0.2) is 70.5 Å². The number of ether oxygens (including phenoxy) is 2. The van der Waals surface area contributed by atoms with E-state index in [0.29, 0.717) is 37.3 Å². The van der Waals surface area contributed by atoms with Crippen molar-refractivity contribution in [1.29, 1.82) is 0 Å². The van der Waals surface area contributed by atoms with Gasteiger partial charge in [-0.2, -0.15) is 0 Å². The van der Waals surface area contributed by atoms with E-state index in [2.05, 4.69) is 0 Å². The molecule has 11 nitrogen and oxygen atoms in total. The van der Waals surface area contributed by atoms with Crippen LogP contribution in [0.5, 0.6) is 17.2 Å². The molecule has 0 unspecified atom stereocenters. The van der Waals surface area contributed by atoms with Crippen LogP contribution in [0.15, 0.2) is 54.6 Å². The van der Waals surface area contributed by atoms with E-state index in [0.717, 1.165) is 0 Å². The summed E-state index contributed by atoms with van der Waals surface area (Å²) in [5.41, 5.74) is 0.732. The Kier molecular flexibility index (Phi) is 8.10. The second-order valence-electron chi connectivity index (χ2n) is 10.3. The monoisotopic (exact) mass is 634 g/mol. The number of rotatable bonds is 12. The van der Waals surface area contributed by atoms with Gasteiger partial charge in [-0.05, 0) is 53.6 Å². The van der Waals surface area contributed by atoms with Gasteiger partial charge in [-0.25, -0.2) is 18.1 Å². The summed E-state index contributed by atoms with van der Waals surface area (Å²) in [6.07, 6.45) is -1.05. The molecule has 6 rings (SSSR count). The number of carbonyl (C=O) groups excluding carboxylic acids is 1. The predicted octanol–water partition coefficient (Wildman–Crippen LogP) is 5.81. The van der Waals surface area contributed by atoms with Crippen molar-refractivity contribution < 1.29 is 37.1 Å². The van der Waals surface area contributed by atoms with Crippen LogP contribution in [0.3, 0.4) is 0 Å². The van der Waals surface area contributed by atoms with Crippen molar-refractivity contribution >= 4 is 30.9 Å². The van der Waals surface area contributed by atoms with Gasteiger partial charge in [0.1, 0.15) is 18.5 Å². The normalized spacial score (nSPS) is 17.0. The molecule has 0 atom stereocenters. The third-order valence-electron chi connectivity index (χ3n) is 7.06. The quantitative estimate of drug-likeness (QED) is 0.105. The highest BCUT2D eigenvalue weighted by Crippen LogP contribution is 2.61. The molecule has 3 aromatic carbocycles. The fourth-order valence-corrected chi connectivity index (χ4v) is 7.03. The molecule has 226 valence electrons. The smallest absolute Gasteiger partial charge is 0.346 e. The number of nitrogens with zero attached hydrogens (tertiary/aromatic N) is 4. The summed E-state index contributed by atoms with van der Waals surface area (Å²) in [6, 6.07) is 12.8. The van der Waals surface area contributed by atoms with Gasteiger partial charge in [-0.15, -0.1) is 0 Å². The molecule has 0 spiro atoms. The van der Waals surface area contributed by atoms with Crippen LogP contribution in [0.2, 0.25) is 5.02 Å². The lowest BCUT2D eigenvalue weighted by atomic mass is 10.1. The minimum atomic E-state index is -3.08. The minimum absolute atomic E-state index is 0.0120. The van der Waals surface area contributed by atoms with Crippen molar-refractivity contribution in [3.63, 3.8) is 0 Å². The van der Waals surface area contributed by atoms with Gasteiger partial charge in [0, 0.05) is 37.8 Å². The summed E-state index contributed by atoms with van der Waals surface area (Å²) in [7, 11) is -3.08. The highest BCUT2D eigenvalue weighted by Gasteiger charge is 2.49. The molecule has 0 bridgehead atoms. The molecule has 3 aromatic rings. The zero-order valence-electron chi connectivity index (χ0n) is 22.7. The molecule has 0 radical (unpaired) electrons. The Labute approximate surface area is 250 Å². The van der Waals surface area contributed by atoms with Crippen LogP contribution in [-0.2, 0) is 22.3 Å². The average molecular weight is 635 g/mol. The average Bonchev–Trinajstić information content (AvgIpc) is 3.86. The lowest BCUT2D eigenvalue weighted by Crippen LogP contribution is -2.51. The molecule has 0 saturated carbocycles. The molecule has 15 heteroatoms. The van der Waals surface area contributed by atoms with E-state index in [9.17, 15) is 23.9 Å². The summed E-state index contributed by atoms with van der Waals surface area (Å²) in [5.74, 6) is -1.30. The molecule has 0 aromatic heterocycles. The van der Waals surface area contributed by atoms with Crippen molar-refractivity contribution in [2.75, 3.05) is 39.3 Å². The van der Waals surface area contributed by atoms with Crippen molar-refractivity contribution in [3.8, 4) is 17.2 Å². The molecule has 1 amide bonds. The standard InChI is InChI=1S/C28H26ClF2N4O7P/c29-23-10-19(17-41-43(39,33-6-7-33)34-8-9-34)11-24(31)27(23)40-16-18-4-5-25(35(37)38)26(12-18)42-22-3-1-2-20(13-22)28(36)32-14-21(30)15-32/h1-5,10-13,21H,6-9,14-17H2. The van der Waals surface area contributed by atoms with Crippen LogP contribution in [0.1, 0.15) is 21.5 Å². The highest BCUT2D eigenvalue weighted by atomic mass is 35.5. The number of amides is 1. The topological polar surface area (TPSA) is 114 Å². The van der Waals surface area contributed by atoms with Crippen LogP contribution < -0.4 is 9.47 Å². The largest absolute Gasteiger partial charge is 0.484 e. The molecule has 0 aliphatic carbocycles. The number of hydrogen-bond donors (Lipinski definition) is 0. The van der Waals surface area contributed by atoms with Crippen molar-refractivity contribution in [2.45, 2.75) is 19.4 Å². The SMILES string of the molecule is O=C(c1cccc(Oc2cc(COc3c(F)cc(COP(=O)(N4CC4)N4CC4)cc3Cl)ccc2[N+](=O)[O-])c1)N1CC(F)C1. The number of alkyl halides is 1. The molecule has 0 N–H and O–H groups in total. The van der Waals surface area contributed by atoms with E-state index >= 15 is 4.39 Å². The number of nitro benzene ring substituents is 1. The van der Waals surface area contributed by atoms with Crippen LogP contribution in [0, 0.1) is 15.9 Å². The van der Waals surface area contributed by atoms with Gasteiger partial charge < -0.3 is 18.9 Å². The number of hydrogen-bond acceptors (Lipinski definition) is 7. The van der Waals surface area contributed by atoms with Gasteiger partial charge in [-0.1, -0.05) is 17.7 Å². The molecule has 43 heavy (non-hydrogen) atoms. The summed E-state index contributed by atoms with van der Waals surface area (Å²) in [5, 5.41) is 11.6. The Morgan fingerprint density at radius 1 is 1.02 bits per heavy atom. The fraction of sp³-hybridized carbons (Fsp3) is 0.321. The molecule has 3 aliphatic heterocycles. The minimum Gasteiger partial charge on any atom is -0.484 e. The van der Waals surface area contributed by atoms with Gasteiger partial charge in [0.2, 0.25) is 5.75 Å². The summed E-state index contributed by atoms with van der Waals surface area (Å²) < 4.78 is 61.9. The number of carbonyl (C=O) groups is 1. The molecular weight excluding hydrogens is 609 g/mol. The first-order chi connectivity index (χ1) is 20.6. The first-order valence-electron chi connectivity index (χ1n) is 13.5. The van der Waals surface area contributed by atoms with E-state index < -0.39 is 24.6 Å². The third-order valence-corrected chi connectivity index (χ3v) is 10.0. The summed E-state index contributed by atoms with van der Waals surface area (Å²) in [6.45, 7) is 2.50. The number of nitro groups is 1. The zero-order valence-corrected chi connectivity index (χ0v) is 24.3. The summed E-state index contributed by atoms with van der Waals surface area (Å²) >= 11 is 6.32. The van der Waals surface area contributed by atoms with Gasteiger partial charge in [0.05, 0.1) is 29.6 Å². The molecule has 3 heterocycles. The van der Waals surface area contributed by atoms with Crippen LogP contribution in [0.25, 0.3) is 0 Å². The molecule has 3 aliphatic rings. The lowest BCUT2D eigenvalue weighted by Gasteiger charge is -2.34. The first kappa shape index (κ1) is 29.5. The number of halogens is 3. The van der Waals surface area contributed by atoms with E-state index in [4.69, 9.17) is 25.6 Å². The molecule has 3 fully saturated rings. The van der Waals surface area contributed by atoms with Gasteiger partial charge >= 0.3 is 13.4 Å². The Balaban J connectivity index is 1.14. The number of likely N-dealkylation sites (tertiary alicyclic amines) is 1. The predicted molar refractivity (Wildman–Crippen MR) is 152 cm³/mol. The van der Waals surface area contributed by atoms with E-state index in [-0.39, 0.29) is 65.7 Å². The van der Waals surface area contributed by atoms with Crippen molar-refractivity contribution in [2.24, 2.45) is 0 Å². The van der Waals surface area contributed by atoms with Crippen molar-refractivity contribution in [3.05, 3.63) is 92.2 Å². The maximum atomic E-state index is 15.0. The Morgan fingerprint density at radius 3 is 2.37 bits per heavy atom. The second kappa shape index (κ2) is 11.8. The third kappa shape index (κ3) is 6.51. The Bertz CT molecular complexity index is 1590. The van der Waals surface area contributed by atoms with Gasteiger partial charge in [0.15, 0.2) is 11.6 Å². The highest BCUT2D eigenvalue weighted by molar-refractivity contribution is 7.54. The van der Waals surface area contributed by atoms with E-state index in [1.807, 2.05) is 0 Å². The fourth-order valence-electron chi connectivity index (χ4n) is 4.56. The van der Waals surface area contributed by atoms with E-state index in [1.165, 1.54) is 47.4 Å². The number of benzene rings is 3. The second-order valence-corrected chi connectivity index (χ2v) is 13.1. The van der Waals surface area contributed by atoms with Crippen LogP contribution >= 0.6 is 19.3 Å².